The van der Waals surface area contributed by atoms with Gasteiger partial charge in [-0.1, -0.05) is 24.4 Å². The highest BCUT2D eigenvalue weighted by molar-refractivity contribution is 5.75. The summed E-state index contributed by atoms with van der Waals surface area (Å²) in [5.74, 6) is 1.84. The van der Waals surface area contributed by atoms with E-state index in [1.807, 2.05) is 0 Å². The lowest BCUT2D eigenvalue weighted by molar-refractivity contribution is 0.109. The number of rotatable bonds is 5. The summed E-state index contributed by atoms with van der Waals surface area (Å²) < 4.78 is 11.1. The minimum absolute atomic E-state index is 0.142. The molecule has 7 nitrogen and oxygen atoms in total. The lowest BCUT2D eigenvalue weighted by atomic mass is 9.81. The summed E-state index contributed by atoms with van der Waals surface area (Å²) in [5.41, 5.74) is -0.515. The Morgan fingerprint density at radius 2 is 2.00 bits per heavy atom. The summed E-state index contributed by atoms with van der Waals surface area (Å²) in [5, 5.41) is 10.2. The third-order valence-corrected chi connectivity index (χ3v) is 5.37. The van der Waals surface area contributed by atoms with Crippen LogP contribution in [0.5, 0.6) is 0 Å². The number of hydrogen-bond donors (Lipinski definition) is 2. The lowest BCUT2D eigenvalue weighted by Gasteiger charge is -2.34. The Bertz CT molecular complexity index is 572. The van der Waals surface area contributed by atoms with Crippen molar-refractivity contribution < 1.29 is 14.1 Å². The quantitative estimate of drug-likeness (QED) is 0.864. The van der Waals surface area contributed by atoms with E-state index in [1.54, 1.807) is 0 Å². The number of carbonyl (C=O) groups excluding carboxylic acids is 1. The molecule has 1 aromatic heterocycles. The highest BCUT2D eigenvalue weighted by Crippen LogP contribution is 2.41. The average Bonchev–Trinajstić information content (AvgIpc) is 3.12. The zero-order valence-corrected chi connectivity index (χ0v) is 14.1. The summed E-state index contributed by atoms with van der Waals surface area (Å²) in [6.07, 6.45) is 9.53. The molecule has 24 heavy (non-hydrogen) atoms. The molecule has 2 amide bonds. The Hall–Kier alpha value is -1.63. The van der Waals surface area contributed by atoms with Crippen LogP contribution < -0.4 is 10.6 Å². The van der Waals surface area contributed by atoms with Crippen molar-refractivity contribution in [3.8, 4) is 0 Å². The first kappa shape index (κ1) is 15.9. The fourth-order valence-corrected chi connectivity index (χ4v) is 3.76. The zero-order chi connectivity index (χ0) is 16.4. The maximum absolute atomic E-state index is 12.4. The van der Waals surface area contributed by atoms with Gasteiger partial charge in [-0.25, -0.2) is 4.79 Å². The summed E-state index contributed by atoms with van der Waals surface area (Å²) in [6, 6.07) is -0.168. The van der Waals surface area contributed by atoms with Crippen molar-refractivity contribution in [2.45, 2.75) is 75.3 Å². The fraction of sp³-hybridized carbons (Fsp3) is 0.824. The molecule has 2 aliphatic carbocycles. The van der Waals surface area contributed by atoms with Crippen molar-refractivity contribution in [3.05, 3.63) is 11.7 Å². The molecule has 0 aromatic carbocycles. The molecule has 0 unspecified atom stereocenters. The molecule has 1 saturated heterocycles. The van der Waals surface area contributed by atoms with E-state index in [2.05, 4.69) is 20.8 Å². The third-order valence-electron chi connectivity index (χ3n) is 5.37. The number of hydrogen-bond acceptors (Lipinski definition) is 5. The maximum atomic E-state index is 12.4. The van der Waals surface area contributed by atoms with E-state index < -0.39 is 5.54 Å². The Morgan fingerprint density at radius 3 is 2.71 bits per heavy atom. The average molecular weight is 334 g/mol. The first-order valence-corrected chi connectivity index (χ1v) is 9.27. The molecule has 3 fully saturated rings. The number of nitrogens with zero attached hydrogens (tertiary/aromatic N) is 2. The molecule has 4 rings (SSSR count). The summed E-state index contributed by atoms with van der Waals surface area (Å²) in [6.45, 7) is 1.35. The number of carbonyl (C=O) groups is 1. The SMILES string of the molecule is O=C(NC[C@@H]1CCCO1)NC1(c2nc(C3CC3)no2)CCCCC1. The van der Waals surface area contributed by atoms with Gasteiger partial charge in [-0.2, -0.15) is 4.98 Å². The summed E-state index contributed by atoms with van der Waals surface area (Å²) in [7, 11) is 0. The standard InChI is InChI=1S/C17H26N4O3/c22-16(18-11-13-5-4-10-23-13)20-17(8-2-1-3-9-17)15-19-14(21-24-15)12-6-7-12/h12-13H,1-11H2,(H2,18,20,22)/t13-/m0/s1. The van der Waals surface area contributed by atoms with Gasteiger partial charge in [-0.15, -0.1) is 0 Å². The molecule has 0 bridgehead atoms. The zero-order valence-electron chi connectivity index (χ0n) is 14.1. The second-order valence-corrected chi connectivity index (χ2v) is 7.34. The van der Waals surface area contributed by atoms with Crippen molar-refractivity contribution in [1.29, 1.82) is 0 Å². The van der Waals surface area contributed by atoms with E-state index in [-0.39, 0.29) is 12.1 Å². The van der Waals surface area contributed by atoms with Gasteiger partial charge in [0.2, 0.25) is 0 Å². The maximum Gasteiger partial charge on any atom is 0.315 e. The Morgan fingerprint density at radius 1 is 1.17 bits per heavy atom. The monoisotopic (exact) mass is 334 g/mol. The van der Waals surface area contributed by atoms with Crippen LogP contribution in [-0.2, 0) is 10.3 Å². The number of urea groups is 1. The highest BCUT2D eigenvalue weighted by atomic mass is 16.5. The fourth-order valence-electron chi connectivity index (χ4n) is 3.76. The molecule has 0 spiro atoms. The summed E-state index contributed by atoms with van der Waals surface area (Å²) in [4.78, 5) is 17.0. The number of nitrogens with one attached hydrogen (secondary N) is 2. The highest BCUT2D eigenvalue weighted by Gasteiger charge is 2.42. The van der Waals surface area contributed by atoms with Crippen LogP contribution in [0.2, 0.25) is 0 Å². The predicted octanol–water partition coefficient (Wildman–Crippen LogP) is 2.58. The van der Waals surface area contributed by atoms with Crippen LogP contribution in [0.1, 0.15) is 75.4 Å². The van der Waals surface area contributed by atoms with Gasteiger partial charge in [0.25, 0.3) is 5.89 Å². The topological polar surface area (TPSA) is 89.3 Å². The van der Waals surface area contributed by atoms with Gasteiger partial charge in [0, 0.05) is 19.1 Å². The molecular weight excluding hydrogens is 308 g/mol. The van der Waals surface area contributed by atoms with Crippen LogP contribution >= 0.6 is 0 Å². The van der Waals surface area contributed by atoms with Crippen molar-refractivity contribution >= 4 is 6.03 Å². The number of ether oxygens (including phenoxy) is 1. The van der Waals surface area contributed by atoms with E-state index in [4.69, 9.17) is 9.26 Å². The smallest absolute Gasteiger partial charge is 0.315 e. The van der Waals surface area contributed by atoms with E-state index in [1.165, 1.54) is 6.42 Å². The van der Waals surface area contributed by atoms with Crippen LogP contribution in [0.4, 0.5) is 4.79 Å². The van der Waals surface area contributed by atoms with E-state index in [0.717, 1.165) is 63.8 Å². The Balaban J connectivity index is 1.42. The molecule has 1 aromatic rings. The largest absolute Gasteiger partial charge is 0.376 e. The minimum atomic E-state index is -0.515. The number of aromatic nitrogens is 2. The first-order chi connectivity index (χ1) is 11.8. The Kier molecular flexibility index (Phi) is 4.43. The van der Waals surface area contributed by atoms with Gasteiger partial charge in [-0.05, 0) is 38.5 Å². The van der Waals surface area contributed by atoms with Crippen molar-refractivity contribution in [1.82, 2.24) is 20.8 Å². The van der Waals surface area contributed by atoms with Gasteiger partial charge in [0.05, 0.1) is 6.10 Å². The van der Waals surface area contributed by atoms with E-state index in [0.29, 0.717) is 18.4 Å². The van der Waals surface area contributed by atoms with Crippen LogP contribution in [0.3, 0.4) is 0 Å². The van der Waals surface area contributed by atoms with Crippen molar-refractivity contribution in [2.24, 2.45) is 0 Å². The molecule has 2 heterocycles. The second-order valence-electron chi connectivity index (χ2n) is 7.34. The predicted molar refractivity (Wildman–Crippen MR) is 86.5 cm³/mol. The van der Waals surface area contributed by atoms with Gasteiger partial charge in [0.15, 0.2) is 5.82 Å². The van der Waals surface area contributed by atoms with Gasteiger partial charge < -0.3 is 19.9 Å². The molecular formula is C17H26N4O3. The number of amides is 2. The summed E-state index contributed by atoms with van der Waals surface area (Å²) >= 11 is 0. The van der Waals surface area contributed by atoms with Gasteiger partial charge in [0.1, 0.15) is 5.54 Å². The second kappa shape index (κ2) is 6.70. The lowest BCUT2D eigenvalue weighted by Crippen LogP contribution is -2.52. The van der Waals surface area contributed by atoms with Crippen LogP contribution in [0.15, 0.2) is 4.52 Å². The minimum Gasteiger partial charge on any atom is -0.376 e. The van der Waals surface area contributed by atoms with Gasteiger partial charge >= 0.3 is 6.03 Å². The molecule has 3 aliphatic rings. The van der Waals surface area contributed by atoms with Gasteiger partial charge in [-0.3, -0.25) is 0 Å². The molecule has 7 heteroatoms. The molecule has 0 radical (unpaired) electrons. The molecule has 132 valence electrons. The normalized spacial score (nSPS) is 26.2. The van der Waals surface area contributed by atoms with E-state index in [9.17, 15) is 4.79 Å². The van der Waals surface area contributed by atoms with Crippen LogP contribution in [0, 0.1) is 0 Å². The molecule has 2 saturated carbocycles. The van der Waals surface area contributed by atoms with Crippen molar-refractivity contribution in [3.63, 3.8) is 0 Å². The van der Waals surface area contributed by atoms with E-state index >= 15 is 0 Å². The molecule has 1 aliphatic heterocycles. The first-order valence-electron chi connectivity index (χ1n) is 9.27. The van der Waals surface area contributed by atoms with Crippen LogP contribution in [-0.4, -0.2) is 35.4 Å². The Labute approximate surface area is 141 Å². The third kappa shape index (κ3) is 3.41. The van der Waals surface area contributed by atoms with Crippen molar-refractivity contribution in [2.75, 3.05) is 13.2 Å². The molecule has 1 atom stereocenters. The van der Waals surface area contributed by atoms with Crippen LogP contribution in [0.25, 0.3) is 0 Å². The molecule has 2 N–H and O–H groups in total.